The minimum absolute atomic E-state index is 0.244. The highest BCUT2D eigenvalue weighted by molar-refractivity contribution is 5.22. The Morgan fingerprint density at radius 1 is 0.842 bits per heavy atom. The molecule has 0 radical (unpaired) electrons. The topological polar surface area (TPSA) is 40.5 Å². The second-order valence-electron chi connectivity index (χ2n) is 4.89. The summed E-state index contributed by atoms with van der Waals surface area (Å²) >= 11 is 0. The van der Waals surface area contributed by atoms with Gasteiger partial charge in [0.2, 0.25) is 0 Å². The molecule has 0 saturated heterocycles. The Labute approximate surface area is 114 Å². The maximum absolute atomic E-state index is 10.5. The molecule has 2 aromatic carbocycles. The summed E-state index contributed by atoms with van der Waals surface area (Å²) in [5.74, 6) is 0. The smallest absolute Gasteiger partial charge is 0.113 e. The van der Waals surface area contributed by atoms with Crippen molar-refractivity contribution in [2.24, 2.45) is 0 Å². The van der Waals surface area contributed by atoms with Gasteiger partial charge in [-0.3, -0.25) is 0 Å². The second kappa shape index (κ2) is 6.50. The van der Waals surface area contributed by atoms with Crippen LogP contribution >= 0.6 is 0 Å². The summed E-state index contributed by atoms with van der Waals surface area (Å²) in [5, 5.41) is 20.0. The zero-order chi connectivity index (χ0) is 13.6. The number of hydrogen-bond acceptors (Lipinski definition) is 2. The van der Waals surface area contributed by atoms with Crippen LogP contribution in [0.1, 0.15) is 24.0 Å². The fourth-order valence-corrected chi connectivity index (χ4v) is 2.29. The molecule has 2 heteroatoms. The molecule has 0 aliphatic heterocycles. The van der Waals surface area contributed by atoms with E-state index in [0.29, 0.717) is 6.42 Å². The molecule has 2 aromatic rings. The van der Waals surface area contributed by atoms with E-state index in [0.717, 1.165) is 18.4 Å². The van der Waals surface area contributed by atoms with E-state index >= 15 is 0 Å². The number of aliphatic hydroxyl groups is 2. The van der Waals surface area contributed by atoms with Gasteiger partial charge in [0.05, 0.1) is 6.61 Å². The molecule has 0 spiro atoms. The number of aryl methyl sites for hydroxylation is 1. The zero-order valence-electron chi connectivity index (χ0n) is 11.0. The average Bonchev–Trinajstić information content (AvgIpc) is 2.49. The van der Waals surface area contributed by atoms with Crippen LogP contribution in [0.15, 0.2) is 60.7 Å². The molecule has 0 unspecified atom stereocenters. The summed E-state index contributed by atoms with van der Waals surface area (Å²) in [7, 11) is 0. The molecular formula is C17H20O2. The zero-order valence-corrected chi connectivity index (χ0v) is 11.0. The van der Waals surface area contributed by atoms with Crippen molar-refractivity contribution in [2.75, 3.05) is 6.61 Å². The third-order valence-corrected chi connectivity index (χ3v) is 3.47. The summed E-state index contributed by atoms with van der Waals surface area (Å²) < 4.78 is 0. The third-order valence-electron chi connectivity index (χ3n) is 3.47. The second-order valence-corrected chi connectivity index (χ2v) is 4.89. The highest BCUT2D eigenvalue weighted by Crippen LogP contribution is 2.26. The number of hydrogen-bond donors (Lipinski definition) is 2. The number of aliphatic hydroxyl groups excluding tert-OH is 1. The number of rotatable bonds is 6. The van der Waals surface area contributed by atoms with Crippen molar-refractivity contribution in [3.8, 4) is 0 Å². The SMILES string of the molecule is OC[C@](O)(CCCc1ccccc1)c1ccccc1. The molecule has 2 N–H and O–H groups in total. The standard InChI is InChI=1S/C17H20O2/c18-14-17(19,16-11-5-2-6-12-16)13-7-10-15-8-3-1-4-9-15/h1-6,8-9,11-12,18-19H,7,10,13-14H2/t17-/m1/s1. The summed E-state index contributed by atoms with van der Waals surface area (Å²) in [6, 6.07) is 19.6. The van der Waals surface area contributed by atoms with Crippen molar-refractivity contribution in [3.05, 3.63) is 71.8 Å². The van der Waals surface area contributed by atoms with Crippen LogP contribution in [0.2, 0.25) is 0 Å². The van der Waals surface area contributed by atoms with Crippen LogP contribution in [0.5, 0.6) is 0 Å². The van der Waals surface area contributed by atoms with Crippen LogP contribution in [0.4, 0.5) is 0 Å². The molecule has 1 atom stereocenters. The van der Waals surface area contributed by atoms with Crippen molar-refractivity contribution in [3.63, 3.8) is 0 Å². The lowest BCUT2D eigenvalue weighted by Crippen LogP contribution is -2.30. The predicted octanol–water partition coefficient (Wildman–Crippen LogP) is 2.89. The first-order valence-corrected chi connectivity index (χ1v) is 6.67. The first-order valence-electron chi connectivity index (χ1n) is 6.67. The van der Waals surface area contributed by atoms with E-state index < -0.39 is 5.60 Å². The van der Waals surface area contributed by atoms with E-state index in [2.05, 4.69) is 12.1 Å². The Morgan fingerprint density at radius 3 is 2.00 bits per heavy atom. The minimum atomic E-state index is -1.13. The molecule has 19 heavy (non-hydrogen) atoms. The normalized spacial score (nSPS) is 14.0. The predicted molar refractivity (Wildman–Crippen MR) is 76.8 cm³/mol. The summed E-state index contributed by atoms with van der Waals surface area (Å²) in [4.78, 5) is 0. The van der Waals surface area contributed by atoms with Gasteiger partial charge in [-0.25, -0.2) is 0 Å². The Balaban J connectivity index is 1.96. The molecule has 0 amide bonds. The lowest BCUT2D eigenvalue weighted by Gasteiger charge is -2.26. The average molecular weight is 256 g/mol. The van der Waals surface area contributed by atoms with Gasteiger partial charge in [-0.15, -0.1) is 0 Å². The van der Waals surface area contributed by atoms with Crippen molar-refractivity contribution < 1.29 is 10.2 Å². The van der Waals surface area contributed by atoms with Crippen LogP contribution in [0.25, 0.3) is 0 Å². The van der Waals surface area contributed by atoms with Crippen molar-refractivity contribution in [1.29, 1.82) is 0 Å². The minimum Gasteiger partial charge on any atom is -0.393 e. The highest BCUT2D eigenvalue weighted by Gasteiger charge is 2.27. The molecule has 0 aliphatic carbocycles. The Hall–Kier alpha value is -1.64. The van der Waals surface area contributed by atoms with Gasteiger partial charge in [0.1, 0.15) is 5.60 Å². The number of benzene rings is 2. The lowest BCUT2D eigenvalue weighted by atomic mass is 9.88. The molecule has 0 aliphatic rings. The van der Waals surface area contributed by atoms with Gasteiger partial charge in [0.25, 0.3) is 0 Å². The fraction of sp³-hybridized carbons (Fsp3) is 0.294. The van der Waals surface area contributed by atoms with E-state index in [-0.39, 0.29) is 6.61 Å². The van der Waals surface area contributed by atoms with Gasteiger partial charge in [-0.1, -0.05) is 60.7 Å². The molecular weight excluding hydrogens is 236 g/mol. The molecule has 100 valence electrons. The Morgan fingerprint density at radius 2 is 1.42 bits per heavy atom. The monoisotopic (exact) mass is 256 g/mol. The molecule has 2 nitrogen and oxygen atoms in total. The van der Waals surface area contributed by atoms with E-state index in [1.807, 2.05) is 48.5 Å². The largest absolute Gasteiger partial charge is 0.393 e. The maximum atomic E-state index is 10.5. The van der Waals surface area contributed by atoms with E-state index in [1.54, 1.807) is 0 Å². The van der Waals surface area contributed by atoms with Crippen LogP contribution in [0.3, 0.4) is 0 Å². The first-order chi connectivity index (χ1) is 9.24. The quantitative estimate of drug-likeness (QED) is 0.834. The van der Waals surface area contributed by atoms with Crippen LogP contribution in [-0.4, -0.2) is 16.8 Å². The van der Waals surface area contributed by atoms with Crippen molar-refractivity contribution >= 4 is 0 Å². The maximum Gasteiger partial charge on any atom is 0.113 e. The van der Waals surface area contributed by atoms with Gasteiger partial charge >= 0.3 is 0 Å². The molecule has 0 bridgehead atoms. The van der Waals surface area contributed by atoms with Gasteiger partial charge in [-0.05, 0) is 30.4 Å². The highest BCUT2D eigenvalue weighted by atomic mass is 16.3. The fourth-order valence-electron chi connectivity index (χ4n) is 2.29. The van der Waals surface area contributed by atoms with Crippen LogP contribution < -0.4 is 0 Å². The van der Waals surface area contributed by atoms with E-state index in [4.69, 9.17) is 0 Å². The summed E-state index contributed by atoms with van der Waals surface area (Å²) in [5.41, 5.74) is 0.914. The van der Waals surface area contributed by atoms with Crippen LogP contribution in [0, 0.1) is 0 Å². The van der Waals surface area contributed by atoms with E-state index in [9.17, 15) is 10.2 Å². The Kier molecular flexibility index (Phi) is 4.72. The van der Waals surface area contributed by atoms with Gasteiger partial charge < -0.3 is 10.2 Å². The van der Waals surface area contributed by atoms with Gasteiger partial charge in [-0.2, -0.15) is 0 Å². The lowest BCUT2D eigenvalue weighted by molar-refractivity contribution is -0.0275. The molecule has 0 heterocycles. The summed E-state index contributed by atoms with van der Waals surface area (Å²) in [6.45, 7) is -0.244. The Bertz CT molecular complexity index is 481. The third kappa shape index (κ3) is 3.66. The molecule has 2 rings (SSSR count). The van der Waals surface area contributed by atoms with Crippen molar-refractivity contribution in [1.82, 2.24) is 0 Å². The van der Waals surface area contributed by atoms with Gasteiger partial charge in [0.15, 0.2) is 0 Å². The van der Waals surface area contributed by atoms with Crippen LogP contribution in [-0.2, 0) is 12.0 Å². The van der Waals surface area contributed by atoms with Gasteiger partial charge in [0, 0.05) is 0 Å². The molecule has 0 fully saturated rings. The first kappa shape index (κ1) is 13.8. The molecule has 0 aromatic heterocycles. The van der Waals surface area contributed by atoms with Crippen molar-refractivity contribution in [2.45, 2.75) is 24.9 Å². The molecule has 0 saturated carbocycles. The van der Waals surface area contributed by atoms with E-state index in [1.165, 1.54) is 5.56 Å². The summed E-state index contributed by atoms with van der Waals surface area (Å²) in [6.07, 6.45) is 2.31.